The first-order valence-corrected chi connectivity index (χ1v) is 5.82. The average molecular weight is 221 g/mol. The number of rotatable bonds is 4. The Kier molecular flexibility index (Phi) is 4.36. The molecule has 0 aliphatic carbocycles. The Labute approximate surface area is 98.8 Å². The van der Waals surface area contributed by atoms with E-state index in [-0.39, 0.29) is 6.04 Å². The predicted molar refractivity (Wildman–Crippen MR) is 68.6 cm³/mol. The molecule has 0 radical (unpaired) electrons. The zero-order valence-corrected chi connectivity index (χ0v) is 10.8. The second-order valence-electron chi connectivity index (χ2n) is 5.45. The zero-order chi connectivity index (χ0) is 12.2. The summed E-state index contributed by atoms with van der Waals surface area (Å²) in [6.07, 6.45) is 2.11. The van der Waals surface area contributed by atoms with Crippen molar-refractivity contribution in [3.05, 3.63) is 29.8 Å². The van der Waals surface area contributed by atoms with Gasteiger partial charge in [-0.1, -0.05) is 39.0 Å². The predicted octanol–water partition coefficient (Wildman–Crippen LogP) is 3.52. The Morgan fingerprint density at radius 1 is 1.25 bits per heavy atom. The largest absolute Gasteiger partial charge is 0.496 e. The molecule has 0 aromatic heterocycles. The van der Waals surface area contributed by atoms with Crippen molar-refractivity contribution in [1.82, 2.24) is 0 Å². The maximum absolute atomic E-state index is 6.20. The van der Waals surface area contributed by atoms with Crippen molar-refractivity contribution in [2.75, 3.05) is 7.11 Å². The van der Waals surface area contributed by atoms with Crippen LogP contribution >= 0.6 is 0 Å². The summed E-state index contributed by atoms with van der Waals surface area (Å²) in [6, 6.07) is 8.06. The van der Waals surface area contributed by atoms with Gasteiger partial charge in [-0.2, -0.15) is 0 Å². The molecule has 1 rings (SSSR count). The summed E-state index contributed by atoms with van der Waals surface area (Å²) in [5.41, 5.74) is 7.64. The molecule has 0 bridgehead atoms. The maximum atomic E-state index is 6.20. The van der Waals surface area contributed by atoms with Crippen LogP contribution in [0.5, 0.6) is 5.75 Å². The monoisotopic (exact) mass is 221 g/mol. The fourth-order valence-electron chi connectivity index (χ4n) is 1.72. The minimum Gasteiger partial charge on any atom is -0.496 e. The van der Waals surface area contributed by atoms with Gasteiger partial charge >= 0.3 is 0 Å². The van der Waals surface area contributed by atoms with Crippen LogP contribution in [-0.2, 0) is 0 Å². The molecule has 90 valence electrons. The summed E-state index contributed by atoms with van der Waals surface area (Å²) in [5, 5.41) is 0. The summed E-state index contributed by atoms with van der Waals surface area (Å²) >= 11 is 0. The molecule has 0 spiro atoms. The van der Waals surface area contributed by atoms with Gasteiger partial charge in [-0.15, -0.1) is 0 Å². The molecular weight excluding hydrogens is 198 g/mol. The lowest BCUT2D eigenvalue weighted by atomic mass is 9.87. The van der Waals surface area contributed by atoms with Gasteiger partial charge in [-0.25, -0.2) is 0 Å². The van der Waals surface area contributed by atoms with Crippen LogP contribution in [0, 0.1) is 5.41 Å². The van der Waals surface area contributed by atoms with Crippen LogP contribution < -0.4 is 10.5 Å². The second-order valence-corrected chi connectivity index (χ2v) is 5.45. The Bertz CT molecular complexity index is 328. The molecule has 1 aromatic carbocycles. The first-order chi connectivity index (χ1) is 7.44. The van der Waals surface area contributed by atoms with Crippen molar-refractivity contribution in [3.8, 4) is 5.75 Å². The normalized spacial score (nSPS) is 13.6. The number of para-hydroxylation sites is 1. The quantitative estimate of drug-likeness (QED) is 0.844. The maximum Gasteiger partial charge on any atom is 0.123 e. The molecule has 1 unspecified atom stereocenters. The molecule has 1 atom stereocenters. The molecule has 0 amide bonds. The average Bonchev–Trinajstić information content (AvgIpc) is 2.25. The van der Waals surface area contributed by atoms with Crippen LogP contribution in [0.2, 0.25) is 0 Å². The number of ether oxygens (including phenoxy) is 1. The van der Waals surface area contributed by atoms with Gasteiger partial charge in [0, 0.05) is 11.6 Å². The fourth-order valence-corrected chi connectivity index (χ4v) is 1.72. The summed E-state index contributed by atoms with van der Waals surface area (Å²) < 4.78 is 5.32. The lowest BCUT2D eigenvalue weighted by Gasteiger charge is -2.22. The standard InChI is InChI=1S/C14H23NO/c1-14(2,3)10-9-12(15)11-7-5-6-8-13(11)16-4/h5-8,12H,9-10,15H2,1-4H3. The van der Waals surface area contributed by atoms with E-state index >= 15 is 0 Å². The SMILES string of the molecule is COc1ccccc1C(N)CCC(C)(C)C. The molecule has 2 nitrogen and oxygen atoms in total. The van der Waals surface area contributed by atoms with E-state index in [0.29, 0.717) is 5.41 Å². The molecule has 0 heterocycles. The van der Waals surface area contributed by atoms with Crippen molar-refractivity contribution >= 4 is 0 Å². The van der Waals surface area contributed by atoms with Crippen LogP contribution in [0.1, 0.15) is 45.2 Å². The lowest BCUT2D eigenvalue weighted by Crippen LogP contribution is -2.15. The molecule has 0 fully saturated rings. The third-order valence-electron chi connectivity index (χ3n) is 2.74. The Morgan fingerprint density at radius 3 is 2.44 bits per heavy atom. The highest BCUT2D eigenvalue weighted by molar-refractivity contribution is 5.35. The van der Waals surface area contributed by atoms with E-state index < -0.39 is 0 Å². The molecule has 0 saturated heterocycles. The minimum atomic E-state index is 0.0652. The molecule has 2 heteroatoms. The summed E-state index contributed by atoms with van der Waals surface area (Å²) in [6.45, 7) is 6.71. The van der Waals surface area contributed by atoms with E-state index in [9.17, 15) is 0 Å². The summed E-state index contributed by atoms with van der Waals surface area (Å²) in [5.74, 6) is 0.893. The molecule has 0 aliphatic heterocycles. The van der Waals surface area contributed by atoms with Gasteiger partial charge < -0.3 is 10.5 Å². The fraction of sp³-hybridized carbons (Fsp3) is 0.571. The number of nitrogens with two attached hydrogens (primary N) is 1. The Morgan fingerprint density at radius 2 is 1.88 bits per heavy atom. The van der Waals surface area contributed by atoms with Gasteiger partial charge in [0.25, 0.3) is 0 Å². The topological polar surface area (TPSA) is 35.2 Å². The number of hydrogen-bond donors (Lipinski definition) is 1. The van der Waals surface area contributed by atoms with Crippen LogP contribution in [0.4, 0.5) is 0 Å². The number of methoxy groups -OCH3 is 1. The smallest absolute Gasteiger partial charge is 0.123 e. The number of benzene rings is 1. The van der Waals surface area contributed by atoms with E-state index in [1.807, 2.05) is 24.3 Å². The lowest BCUT2D eigenvalue weighted by molar-refractivity contribution is 0.344. The van der Waals surface area contributed by atoms with Crippen molar-refractivity contribution in [2.45, 2.75) is 39.7 Å². The first kappa shape index (κ1) is 13.0. The van der Waals surface area contributed by atoms with E-state index in [2.05, 4.69) is 20.8 Å². The van der Waals surface area contributed by atoms with E-state index in [4.69, 9.17) is 10.5 Å². The van der Waals surface area contributed by atoms with Crippen molar-refractivity contribution in [1.29, 1.82) is 0 Å². The highest BCUT2D eigenvalue weighted by Gasteiger charge is 2.16. The minimum absolute atomic E-state index is 0.0652. The van der Waals surface area contributed by atoms with Crippen LogP contribution in [0.3, 0.4) is 0 Å². The molecule has 0 aliphatic rings. The second kappa shape index (κ2) is 5.35. The van der Waals surface area contributed by atoms with Crippen LogP contribution in [0.25, 0.3) is 0 Å². The highest BCUT2D eigenvalue weighted by atomic mass is 16.5. The summed E-state index contributed by atoms with van der Waals surface area (Å²) in [7, 11) is 1.69. The van der Waals surface area contributed by atoms with Crippen LogP contribution in [0.15, 0.2) is 24.3 Å². The van der Waals surface area contributed by atoms with E-state index in [1.165, 1.54) is 0 Å². The molecule has 16 heavy (non-hydrogen) atoms. The van der Waals surface area contributed by atoms with E-state index in [1.54, 1.807) is 7.11 Å². The molecule has 0 saturated carbocycles. The Balaban J connectivity index is 2.69. The third kappa shape index (κ3) is 3.86. The van der Waals surface area contributed by atoms with Crippen molar-refractivity contribution < 1.29 is 4.74 Å². The van der Waals surface area contributed by atoms with Gasteiger partial charge in [-0.05, 0) is 24.3 Å². The van der Waals surface area contributed by atoms with Crippen molar-refractivity contribution in [3.63, 3.8) is 0 Å². The molecular formula is C14H23NO. The van der Waals surface area contributed by atoms with Gasteiger partial charge in [0.1, 0.15) is 5.75 Å². The van der Waals surface area contributed by atoms with Gasteiger partial charge in [0.15, 0.2) is 0 Å². The van der Waals surface area contributed by atoms with Crippen LogP contribution in [-0.4, -0.2) is 7.11 Å². The summed E-state index contributed by atoms with van der Waals surface area (Å²) in [4.78, 5) is 0. The number of hydrogen-bond acceptors (Lipinski definition) is 2. The zero-order valence-electron chi connectivity index (χ0n) is 10.8. The van der Waals surface area contributed by atoms with Crippen molar-refractivity contribution in [2.24, 2.45) is 11.1 Å². The molecule has 2 N–H and O–H groups in total. The molecule has 1 aromatic rings. The van der Waals surface area contributed by atoms with Gasteiger partial charge in [0.2, 0.25) is 0 Å². The first-order valence-electron chi connectivity index (χ1n) is 5.82. The third-order valence-corrected chi connectivity index (χ3v) is 2.74. The highest BCUT2D eigenvalue weighted by Crippen LogP contribution is 2.30. The van der Waals surface area contributed by atoms with E-state index in [0.717, 1.165) is 24.2 Å². The van der Waals surface area contributed by atoms with Gasteiger partial charge in [0.05, 0.1) is 7.11 Å². The van der Waals surface area contributed by atoms with Gasteiger partial charge in [-0.3, -0.25) is 0 Å². The Hall–Kier alpha value is -1.02.